The van der Waals surface area contributed by atoms with E-state index in [1.807, 2.05) is 0 Å². The van der Waals surface area contributed by atoms with E-state index < -0.39 is 45.8 Å². The normalized spacial score (nSPS) is 17.5. The molecular weight excluding hydrogens is 586 g/mol. The molecule has 0 spiro atoms. The number of alkyl halides is 6. The summed E-state index contributed by atoms with van der Waals surface area (Å²) in [7, 11) is 0. The summed E-state index contributed by atoms with van der Waals surface area (Å²) in [5, 5.41) is 12.2. The molecular formula is C29H30F6N2O4S. The van der Waals surface area contributed by atoms with Crippen LogP contribution in [0.1, 0.15) is 48.8 Å². The van der Waals surface area contributed by atoms with Crippen LogP contribution >= 0.6 is 11.8 Å². The van der Waals surface area contributed by atoms with E-state index >= 15 is 0 Å². The van der Waals surface area contributed by atoms with Gasteiger partial charge >= 0.3 is 18.3 Å². The molecule has 6 nitrogen and oxygen atoms in total. The highest BCUT2D eigenvalue weighted by atomic mass is 32.2. The molecule has 2 aromatic carbocycles. The maximum absolute atomic E-state index is 14.2. The highest BCUT2D eigenvalue weighted by molar-refractivity contribution is 7.99. The highest BCUT2D eigenvalue weighted by Crippen LogP contribution is 2.48. The lowest BCUT2D eigenvalue weighted by Gasteiger charge is -2.30. The number of likely N-dealkylation sites (tertiary alicyclic amines) is 1. The minimum atomic E-state index is -5.36. The topological polar surface area (TPSA) is 78.9 Å². The van der Waals surface area contributed by atoms with Crippen LogP contribution in [0.25, 0.3) is 6.08 Å². The summed E-state index contributed by atoms with van der Waals surface area (Å²) < 4.78 is 90.7. The summed E-state index contributed by atoms with van der Waals surface area (Å²) in [5.41, 5.74) is -3.81. The number of hydrogen-bond acceptors (Lipinski definition) is 5. The highest BCUT2D eigenvalue weighted by Gasteiger charge is 2.46. The van der Waals surface area contributed by atoms with Gasteiger partial charge in [-0.1, -0.05) is 23.9 Å². The van der Waals surface area contributed by atoms with E-state index in [1.54, 1.807) is 18.2 Å². The fourth-order valence-electron chi connectivity index (χ4n) is 5.14. The second kappa shape index (κ2) is 13.4. The van der Waals surface area contributed by atoms with Gasteiger partial charge in [0.25, 0.3) is 0 Å². The maximum atomic E-state index is 14.2. The second-order valence-electron chi connectivity index (χ2n) is 10.3. The van der Waals surface area contributed by atoms with Gasteiger partial charge < -0.3 is 20.1 Å². The molecule has 0 saturated carbocycles. The zero-order valence-corrected chi connectivity index (χ0v) is 23.2. The van der Waals surface area contributed by atoms with Crippen LogP contribution in [0.4, 0.5) is 32.0 Å². The van der Waals surface area contributed by atoms with Crippen molar-refractivity contribution in [2.45, 2.75) is 60.3 Å². The van der Waals surface area contributed by atoms with Crippen molar-refractivity contribution in [3.8, 4) is 0 Å². The van der Waals surface area contributed by atoms with E-state index in [2.05, 4.69) is 5.32 Å². The Morgan fingerprint density at radius 1 is 0.976 bits per heavy atom. The average molecular weight is 617 g/mol. The van der Waals surface area contributed by atoms with Crippen LogP contribution in [0.15, 0.2) is 52.3 Å². The minimum Gasteiger partial charge on any atom is -0.481 e. The van der Waals surface area contributed by atoms with Gasteiger partial charge in [-0.15, -0.1) is 0 Å². The summed E-state index contributed by atoms with van der Waals surface area (Å²) in [6, 6.07) is 8.53. The molecule has 0 aliphatic carbocycles. The van der Waals surface area contributed by atoms with E-state index in [9.17, 15) is 35.9 Å². The molecule has 1 amide bonds. The van der Waals surface area contributed by atoms with Gasteiger partial charge in [-0.3, -0.25) is 9.59 Å². The summed E-state index contributed by atoms with van der Waals surface area (Å²) in [6.45, 7) is 1.58. The van der Waals surface area contributed by atoms with Gasteiger partial charge in [-0.2, -0.15) is 26.3 Å². The molecule has 42 heavy (non-hydrogen) atoms. The number of nitrogens with one attached hydrogen (secondary N) is 1. The van der Waals surface area contributed by atoms with Crippen LogP contribution in [0, 0.1) is 5.92 Å². The number of carboxylic acid groups (broad SMARTS) is 1. The second-order valence-corrected chi connectivity index (χ2v) is 11.4. The van der Waals surface area contributed by atoms with Crippen molar-refractivity contribution >= 4 is 35.4 Å². The van der Waals surface area contributed by atoms with Crippen LogP contribution in [-0.2, 0) is 26.7 Å². The van der Waals surface area contributed by atoms with Gasteiger partial charge in [0.15, 0.2) is 0 Å². The Morgan fingerprint density at radius 2 is 1.64 bits per heavy atom. The minimum absolute atomic E-state index is 0.0475. The molecule has 0 radical (unpaired) electrons. The van der Waals surface area contributed by atoms with E-state index in [4.69, 9.17) is 9.84 Å². The van der Waals surface area contributed by atoms with E-state index in [-0.39, 0.29) is 31.5 Å². The Hall–Kier alpha value is -3.19. The Balaban J connectivity index is 1.59. The molecule has 2 fully saturated rings. The van der Waals surface area contributed by atoms with Crippen LogP contribution in [-0.4, -0.2) is 54.2 Å². The monoisotopic (exact) mass is 616 g/mol. The number of halogens is 6. The third-order valence-electron chi connectivity index (χ3n) is 7.22. The molecule has 2 heterocycles. The maximum Gasteiger partial charge on any atom is 0.418 e. The average Bonchev–Trinajstić information content (AvgIpc) is 2.91. The molecule has 2 aliphatic heterocycles. The van der Waals surface area contributed by atoms with Crippen molar-refractivity contribution in [1.82, 2.24) is 4.90 Å². The number of piperidine rings is 1. The number of amides is 1. The Labute approximate surface area is 243 Å². The number of carbonyl (C=O) groups excluding carboxylic acids is 1. The molecule has 2 aromatic rings. The zero-order chi connectivity index (χ0) is 30.5. The Bertz CT molecular complexity index is 1300. The predicted molar refractivity (Wildman–Crippen MR) is 145 cm³/mol. The number of aliphatic carboxylic acids is 1. The molecule has 2 saturated heterocycles. The van der Waals surface area contributed by atoms with Crippen LogP contribution in [0.3, 0.4) is 0 Å². The number of anilines is 1. The fourth-order valence-corrected chi connectivity index (χ4v) is 6.18. The van der Waals surface area contributed by atoms with Gasteiger partial charge in [0, 0.05) is 60.3 Å². The smallest absolute Gasteiger partial charge is 0.418 e. The lowest BCUT2D eigenvalue weighted by molar-refractivity contribution is -0.163. The molecule has 2 aliphatic rings. The largest absolute Gasteiger partial charge is 0.481 e. The lowest BCUT2D eigenvalue weighted by Crippen LogP contribution is -2.38. The third-order valence-corrected chi connectivity index (χ3v) is 8.26. The Kier molecular flexibility index (Phi) is 10.1. The number of benzene rings is 2. The number of carbonyl (C=O) groups is 2. The number of carboxylic acids is 1. The van der Waals surface area contributed by atoms with Crippen LogP contribution in [0.2, 0.25) is 0 Å². The molecule has 0 unspecified atom stereocenters. The van der Waals surface area contributed by atoms with Crippen molar-refractivity contribution in [3.05, 3.63) is 59.2 Å². The summed E-state index contributed by atoms with van der Waals surface area (Å²) in [6.07, 6.45) is -6.80. The molecule has 0 bridgehead atoms. The molecule has 13 heteroatoms. The van der Waals surface area contributed by atoms with Gasteiger partial charge in [0.05, 0.1) is 11.1 Å². The summed E-state index contributed by atoms with van der Waals surface area (Å²) >= 11 is 0.582. The zero-order valence-electron chi connectivity index (χ0n) is 22.4. The standard InChI is InChI=1S/C29H30F6N2O4S/c30-28(31,32)26-19(5-7-24(38)37-12-8-18(9-13-37)16-25(39)40)4-6-23(27(26)29(33,34)35)42-22-3-1-2-21(17-22)36-20-10-14-41-15-11-20/h1-7,17-18,20,36H,8-16H2,(H,39,40)/b7-5+. The number of nitrogens with zero attached hydrogens (tertiary/aromatic N) is 1. The Morgan fingerprint density at radius 3 is 2.26 bits per heavy atom. The predicted octanol–water partition coefficient (Wildman–Crippen LogP) is 7.19. The first-order valence-electron chi connectivity index (χ1n) is 13.4. The first-order valence-corrected chi connectivity index (χ1v) is 14.3. The lowest BCUT2D eigenvalue weighted by atomic mass is 9.93. The SMILES string of the molecule is O=C(O)CC1CCN(C(=O)/C=C/c2ccc(Sc3cccc(NC4CCOCC4)c3)c(C(F)(F)F)c2C(F)(F)F)CC1. The van der Waals surface area contributed by atoms with Gasteiger partial charge in [0.2, 0.25) is 5.91 Å². The van der Waals surface area contributed by atoms with Crippen LogP contribution < -0.4 is 5.32 Å². The van der Waals surface area contributed by atoms with Crippen molar-refractivity contribution in [3.63, 3.8) is 0 Å². The van der Waals surface area contributed by atoms with Crippen molar-refractivity contribution < 1.29 is 45.8 Å². The quantitative estimate of drug-likeness (QED) is 0.242. The first kappa shape index (κ1) is 31.7. The summed E-state index contributed by atoms with van der Waals surface area (Å²) in [4.78, 5) is 24.6. The number of ether oxygens (including phenoxy) is 1. The van der Waals surface area contributed by atoms with E-state index in [0.717, 1.165) is 37.1 Å². The fraction of sp³-hybridized carbons (Fsp3) is 0.448. The molecule has 0 atom stereocenters. The first-order chi connectivity index (χ1) is 19.8. The van der Waals surface area contributed by atoms with Crippen molar-refractivity contribution in [2.75, 3.05) is 31.6 Å². The van der Waals surface area contributed by atoms with Gasteiger partial charge in [0.1, 0.15) is 0 Å². The number of rotatable bonds is 8. The molecule has 2 N–H and O–H groups in total. The third kappa shape index (κ3) is 8.43. The van der Waals surface area contributed by atoms with E-state index in [0.29, 0.717) is 48.4 Å². The van der Waals surface area contributed by atoms with Gasteiger partial charge in [-0.05, 0) is 67.5 Å². The molecule has 4 rings (SSSR count). The molecule has 0 aromatic heterocycles. The summed E-state index contributed by atoms with van der Waals surface area (Å²) in [5.74, 6) is -1.73. The molecule has 228 valence electrons. The van der Waals surface area contributed by atoms with Crippen molar-refractivity contribution in [2.24, 2.45) is 5.92 Å². The van der Waals surface area contributed by atoms with E-state index in [1.165, 1.54) is 11.0 Å². The van der Waals surface area contributed by atoms with Gasteiger partial charge in [-0.25, -0.2) is 0 Å². The number of hydrogen-bond donors (Lipinski definition) is 2. The van der Waals surface area contributed by atoms with Crippen molar-refractivity contribution in [1.29, 1.82) is 0 Å². The van der Waals surface area contributed by atoms with Crippen LogP contribution in [0.5, 0.6) is 0 Å².